The molecule has 0 radical (unpaired) electrons. The van der Waals surface area contributed by atoms with Gasteiger partial charge >= 0.3 is 0 Å². The molecule has 3 nitrogen and oxygen atoms in total. The first-order valence-electron chi connectivity index (χ1n) is 7.29. The van der Waals surface area contributed by atoms with Crippen molar-refractivity contribution < 1.29 is 4.39 Å². The minimum Gasteiger partial charge on any atom is -0.305 e. The Hall–Kier alpha value is -1.39. The summed E-state index contributed by atoms with van der Waals surface area (Å²) in [6.07, 6.45) is 2.68. The van der Waals surface area contributed by atoms with E-state index in [0.29, 0.717) is 5.02 Å². The number of nitrogens with zero attached hydrogens (tertiary/aromatic N) is 2. The third-order valence-corrected chi connectivity index (χ3v) is 3.84. The highest BCUT2D eigenvalue weighted by Gasteiger charge is 2.22. The summed E-state index contributed by atoms with van der Waals surface area (Å²) >= 11 is 6.33. The van der Waals surface area contributed by atoms with Gasteiger partial charge in [0.15, 0.2) is 0 Å². The van der Waals surface area contributed by atoms with Crippen LogP contribution in [0.3, 0.4) is 0 Å². The van der Waals surface area contributed by atoms with E-state index in [2.05, 4.69) is 17.3 Å². The summed E-state index contributed by atoms with van der Waals surface area (Å²) in [6.45, 7) is 7.65. The molecule has 2 rings (SSSR count). The fourth-order valence-corrected chi connectivity index (χ4v) is 2.77. The maximum absolute atomic E-state index is 13.4. The van der Waals surface area contributed by atoms with Gasteiger partial charge in [0.05, 0.1) is 23.0 Å². The van der Waals surface area contributed by atoms with Crippen LogP contribution in [0.15, 0.2) is 24.4 Å². The van der Waals surface area contributed by atoms with Crippen molar-refractivity contribution in [3.8, 4) is 0 Å². The van der Waals surface area contributed by atoms with Gasteiger partial charge in [-0.3, -0.25) is 4.68 Å². The molecule has 0 saturated heterocycles. The molecule has 1 atom stereocenters. The van der Waals surface area contributed by atoms with E-state index in [-0.39, 0.29) is 11.9 Å². The number of halogens is 2. The molecule has 21 heavy (non-hydrogen) atoms. The lowest BCUT2D eigenvalue weighted by Crippen LogP contribution is -2.26. The summed E-state index contributed by atoms with van der Waals surface area (Å²) in [6, 6.07) is 4.78. The zero-order valence-electron chi connectivity index (χ0n) is 12.7. The summed E-state index contributed by atoms with van der Waals surface area (Å²) in [5.74, 6) is -0.222. The average molecular weight is 310 g/mol. The van der Waals surface area contributed by atoms with Gasteiger partial charge in [-0.05, 0) is 50.1 Å². The molecule has 5 heteroatoms. The molecular weight excluding hydrogens is 289 g/mol. The number of rotatable bonds is 6. The lowest BCUT2D eigenvalue weighted by Gasteiger charge is -2.22. The minimum atomic E-state index is -0.222. The lowest BCUT2D eigenvalue weighted by molar-refractivity contribution is 0.527. The topological polar surface area (TPSA) is 29.9 Å². The van der Waals surface area contributed by atoms with Gasteiger partial charge in [-0.25, -0.2) is 4.39 Å². The van der Waals surface area contributed by atoms with Crippen molar-refractivity contribution in [2.75, 3.05) is 6.54 Å². The highest BCUT2D eigenvalue weighted by molar-refractivity contribution is 6.31. The standard InChI is InChI=1S/C16H21ClFN3/c1-4-8-19-15(13-7-6-12(18)9-11(13)3)16-14(17)10-20-21(16)5-2/h6-7,9-10,15,19H,4-5,8H2,1-3H3. The van der Waals surface area contributed by atoms with E-state index in [9.17, 15) is 4.39 Å². The van der Waals surface area contributed by atoms with Crippen LogP contribution in [0.2, 0.25) is 5.02 Å². The molecule has 0 spiro atoms. The van der Waals surface area contributed by atoms with Crippen LogP contribution in [0.5, 0.6) is 0 Å². The second-order valence-corrected chi connectivity index (χ2v) is 5.49. The summed E-state index contributed by atoms with van der Waals surface area (Å²) in [5.41, 5.74) is 2.87. The van der Waals surface area contributed by atoms with Crippen molar-refractivity contribution in [3.63, 3.8) is 0 Å². The predicted molar refractivity (Wildman–Crippen MR) is 84.2 cm³/mol. The molecule has 0 aliphatic rings. The Bertz CT molecular complexity index is 610. The molecule has 0 fully saturated rings. The Kier molecular flexibility index (Phi) is 5.37. The van der Waals surface area contributed by atoms with E-state index in [0.717, 1.165) is 36.3 Å². The number of hydrogen-bond donors (Lipinski definition) is 1. The zero-order chi connectivity index (χ0) is 15.4. The molecule has 0 aliphatic heterocycles. The zero-order valence-corrected chi connectivity index (χ0v) is 13.4. The first kappa shape index (κ1) is 16.0. The van der Waals surface area contributed by atoms with Crippen molar-refractivity contribution in [1.82, 2.24) is 15.1 Å². The third kappa shape index (κ3) is 3.44. The van der Waals surface area contributed by atoms with E-state index < -0.39 is 0 Å². The highest BCUT2D eigenvalue weighted by Crippen LogP contribution is 2.30. The van der Waals surface area contributed by atoms with Crippen LogP contribution in [0.4, 0.5) is 4.39 Å². The number of aryl methyl sites for hydroxylation is 2. The molecule has 2 aromatic rings. The van der Waals surface area contributed by atoms with Gasteiger partial charge in [-0.2, -0.15) is 5.10 Å². The molecule has 0 amide bonds. The molecule has 0 bridgehead atoms. The quantitative estimate of drug-likeness (QED) is 0.871. The van der Waals surface area contributed by atoms with Gasteiger partial charge < -0.3 is 5.32 Å². The maximum Gasteiger partial charge on any atom is 0.123 e. The fraction of sp³-hybridized carbons (Fsp3) is 0.438. The van der Waals surface area contributed by atoms with Crippen molar-refractivity contribution in [2.24, 2.45) is 0 Å². The number of aromatic nitrogens is 2. The second kappa shape index (κ2) is 7.05. The monoisotopic (exact) mass is 309 g/mol. The van der Waals surface area contributed by atoms with Crippen LogP contribution in [0.1, 0.15) is 43.1 Å². The van der Waals surface area contributed by atoms with Crippen LogP contribution in [0, 0.1) is 12.7 Å². The number of benzene rings is 1. The minimum absolute atomic E-state index is 0.0829. The van der Waals surface area contributed by atoms with E-state index in [1.54, 1.807) is 12.3 Å². The summed E-state index contributed by atoms with van der Waals surface area (Å²) in [7, 11) is 0. The first-order valence-corrected chi connectivity index (χ1v) is 7.66. The largest absolute Gasteiger partial charge is 0.305 e. The van der Waals surface area contributed by atoms with Crippen molar-refractivity contribution >= 4 is 11.6 Å². The third-order valence-electron chi connectivity index (χ3n) is 3.55. The van der Waals surface area contributed by atoms with Gasteiger partial charge in [-0.1, -0.05) is 24.6 Å². The van der Waals surface area contributed by atoms with Gasteiger partial charge in [0.25, 0.3) is 0 Å². The number of nitrogens with one attached hydrogen (secondary N) is 1. The van der Waals surface area contributed by atoms with E-state index in [1.807, 2.05) is 24.6 Å². The molecular formula is C16H21ClFN3. The molecule has 1 aromatic carbocycles. The Morgan fingerprint density at radius 1 is 1.38 bits per heavy atom. The smallest absolute Gasteiger partial charge is 0.123 e. The van der Waals surface area contributed by atoms with E-state index in [1.165, 1.54) is 6.07 Å². The number of hydrogen-bond acceptors (Lipinski definition) is 2. The van der Waals surface area contributed by atoms with Crippen LogP contribution < -0.4 is 5.32 Å². The SMILES string of the molecule is CCCNC(c1ccc(F)cc1C)c1c(Cl)cnn1CC. The molecule has 1 unspecified atom stereocenters. The molecule has 1 N–H and O–H groups in total. The second-order valence-electron chi connectivity index (χ2n) is 5.08. The molecule has 1 heterocycles. The van der Waals surface area contributed by atoms with Crippen molar-refractivity contribution in [3.05, 3.63) is 52.1 Å². The van der Waals surface area contributed by atoms with Crippen molar-refractivity contribution in [2.45, 2.75) is 39.8 Å². The Labute approximate surface area is 130 Å². The summed E-state index contributed by atoms with van der Waals surface area (Å²) < 4.78 is 15.3. The summed E-state index contributed by atoms with van der Waals surface area (Å²) in [5, 5.41) is 8.44. The molecule has 114 valence electrons. The molecule has 0 aliphatic carbocycles. The van der Waals surface area contributed by atoms with Gasteiger partial charge in [0, 0.05) is 6.54 Å². The Morgan fingerprint density at radius 3 is 2.76 bits per heavy atom. The first-order chi connectivity index (χ1) is 10.1. The Morgan fingerprint density at radius 2 is 2.14 bits per heavy atom. The van der Waals surface area contributed by atoms with Gasteiger partial charge in [0.2, 0.25) is 0 Å². The molecule has 1 aromatic heterocycles. The predicted octanol–water partition coefficient (Wildman–Crippen LogP) is 4.09. The highest BCUT2D eigenvalue weighted by atomic mass is 35.5. The maximum atomic E-state index is 13.4. The van der Waals surface area contributed by atoms with Gasteiger partial charge in [-0.15, -0.1) is 0 Å². The molecule has 0 saturated carbocycles. The van der Waals surface area contributed by atoms with Crippen LogP contribution in [-0.2, 0) is 6.54 Å². The van der Waals surface area contributed by atoms with Crippen LogP contribution in [0.25, 0.3) is 0 Å². The van der Waals surface area contributed by atoms with Crippen LogP contribution >= 0.6 is 11.6 Å². The van der Waals surface area contributed by atoms with Crippen molar-refractivity contribution in [1.29, 1.82) is 0 Å². The average Bonchev–Trinajstić information content (AvgIpc) is 2.82. The normalized spacial score (nSPS) is 12.6. The van der Waals surface area contributed by atoms with E-state index in [4.69, 9.17) is 11.6 Å². The Balaban J connectivity index is 2.49. The van der Waals surface area contributed by atoms with Crippen LogP contribution in [-0.4, -0.2) is 16.3 Å². The summed E-state index contributed by atoms with van der Waals surface area (Å²) in [4.78, 5) is 0. The van der Waals surface area contributed by atoms with Gasteiger partial charge in [0.1, 0.15) is 5.82 Å². The fourth-order valence-electron chi connectivity index (χ4n) is 2.52. The lowest BCUT2D eigenvalue weighted by atomic mass is 9.98. The van der Waals surface area contributed by atoms with E-state index >= 15 is 0 Å².